The van der Waals surface area contributed by atoms with Gasteiger partial charge < -0.3 is 14.8 Å². The van der Waals surface area contributed by atoms with Crippen LogP contribution < -0.4 is 5.32 Å². The number of alkyl carbamates (subject to hydrolysis) is 1. The van der Waals surface area contributed by atoms with Gasteiger partial charge in [-0.15, -0.1) is 0 Å². The lowest BCUT2D eigenvalue weighted by Crippen LogP contribution is -2.46. The van der Waals surface area contributed by atoms with E-state index in [2.05, 4.69) is 17.0 Å². The number of fused-ring (bicyclic) bond motifs is 1. The Morgan fingerprint density at radius 2 is 1.94 bits per heavy atom. The van der Waals surface area contributed by atoms with Crippen molar-refractivity contribution in [2.45, 2.75) is 32.7 Å². The van der Waals surface area contributed by atoms with Crippen molar-refractivity contribution in [1.29, 1.82) is 0 Å². The van der Waals surface area contributed by atoms with Crippen LogP contribution in [0.4, 0.5) is 4.79 Å². The Kier molecular flexibility index (Phi) is 3.78. The third kappa shape index (κ3) is 2.44. The first kappa shape index (κ1) is 13.2. The van der Waals surface area contributed by atoms with Gasteiger partial charge in [-0.05, 0) is 43.4 Å². The number of methoxy groups -OCH3 is 1. The molecule has 0 aliphatic heterocycles. The molecule has 5 nitrogen and oxygen atoms in total. The summed E-state index contributed by atoms with van der Waals surface area (Å²) < 4.78 is 9.60. The minimum atomic E-state index is -0.568. The van der Waals surface area contributed by atoms with Gasteiger partial charge in [0.25, 0.3) is 0 Å². The molecule has 3 atom stereocenters. The minimum Gasteiger partial charge on any atom is -0.464 e. The normalized spacial score (nSPS) is 34.4. The van der Waals surface area contributed by atoms with Crippen LogP contribution in [0.1, 0.15) is 26.7 Å². The van der Waals surface area contributed by atoms with Gasteiger partial charge in [0.15, 0.2) is 0 Å². The van der Waals surface area contributed by atoms with Crippen LogP contribution in [-0.2, 0) is 14.3 Å². The summed E-state index contributed by atoms with van der Waals surface area (Å²) >= 11 is 0. The number of amides is 1. The molecule has 5 heteroatoms. The average molecular weight is 255 g/mol. The van der Waals surface area contributed by atoms with E-state index >= 15 is 0 Å². The molecule has 2 fully saturated rings. The van der Waals surface area contributed by atoms with Gasteiger partial charge in [0, 0.05) is 0 Å². The molecule has 18 heavy (non-hydrogen) atoms. The smallest absolute Gasteiger partial charge is 0.407 e. The molecule has 0 bridgehead atoms. The second-order valence-corrected chi connectivity index (χ2v) is 5.28. The molecule has 0 aromatic carbocycles. The third-order valence-corrected chi connectivity index (χ3v) is 4.38. The highest BCUT2D eigenvalue weighted by Gasteiger charge is 2.55. The van der Waals surface area contributed by atoms with Crippen molar-refractivity contribution in [2.75, 3.05) is 13.7 Å². The number of esters is 1. The van der Waals surface area contributed by atoms with Crippen LogP contribution in [0.2, 0.25) is 0 Å². The topological polar surface area (TPSA) is 64.6 Å². The van der Waals surface area contributed by atoms with Crippen molar-refractivity contribution in [3.05, 3.63) is 0 Å². The van der Waals surface area contributed by atoms with Crippen molar-refractivity contribution in [3.8, 4) is 0 Å². The van der Waals surface area contributed by atoms with Gasteiger partial charge in [-0.25, -0.2) is 9.59 Å². The van der Waals surface area contributed by atoms with Crippen LogP contribution in [-0.4, -0.2) is 31.8 Å². The first-order chi connectivity index (χ1) is 8.58. The lowest BCUT2D eigenvalue weighted by molar-refractivity contribution is -0.147. The fourth-order valence-corrected chi connectivity index (χ4v) is 3.27. The molecule has 0 aromatic heterocycles. The maximum atomic E-state index is 11.9. The highest BCUT2D eigenvalue weighted by Crippen LogP contribution is 2.59. The molecule has 0 radical (unpaired) electrons. The van der Waals surface area contributed by atoms with Crippen molar-refractivity contribution in [2.24, 2.45) is 23.7 Å². The molecule has 2 aliphatic carbocycles. The van der Waals surface area contributed by atoms with Crippen LogP contribution >= 0.6 is 0 Å². The van der Waals surface area contributed by atoms with Gasteiger partial charge in [0.2, 0.25) is 0 Å². The molecule has 0 heterocycles. The highest BCUT2D eigenvalue weighted by atomic mass is 16.5. The van der Waals surface area contributed by atoms with Crippen LogP contribution in [0.15, 0.2) is 0 Å². The summed E-state index contributed by atoms with van der Waals surface area (Å²) in [5.74, 6) is 2.08. The Bertz CT molecular complexity index is 332. The Morgan fingerprint density at radius 1 is 1.33 bits per heavy atom. The van der Waals surface area contributed by atoms with E-state index in [1.54, 1.807) is 6.92 Å². The van der Waals surface area contributed by atoms with Crippen LogP contribution in [0.25, 0.3) is 0 Å². The second kappa shape index (κ2) is 5.16. The van der Waals surface area contributed by atoms with Crippen LogP contribution in [0, 0.1) is 23.7 Å². The molecule has 3 unspecified atom stereocenters. The first-order valence-electron chi connectivity index (χ1n) is 6.59. The molecule has 0 saturated heterocycles. The quantitative estimate of drug-likeness (QED) is 0.774. The molecular weight excluding hydrogens is 234 g/mol. The van der Waals surface area contributed by atoms with Gasteiger partial charge in [-0.2, -0.15) is 0 Å². The van der Waals surface area contributed by atoms with Crippen molar-refractivity contribution in [3.63, 3.8) is 0 Å². The maximum Gasteiger partial charge on any atom is 0.407 e. The predicted molar refractivity (Wildman–Crippen MR) is 64.8 cm³/mol. The van der Waals surface area contributed by atoms with Crippen molar-refractivity contribution < 1.29 is 19.1 Å². The molecule has 1 N–H and O–H groups in total. The zero-order valence-electron chi connectivity index (χ0n) is 11.1. The third-order valence-electron chi connectivity index (χ3n) is 4.38. The van der Waals surface area contributed by atoms with Crippen molar-refractivity contribution >= 4 is 12.1 Å². The summed E-state index contributed by atoms with van der Waals surface area (Å²) in [7, 11) is 1.30. The molecule has 102 valence electrons. The largest absolute Gasteiger partial charge is 0.464 e. The molecule has 0 aromatic rings. The number of nitrogens with one attached hydrogen (secondary N) is 1. The zero-order chi connectivity index (χ0) is 13.3. The van der Waals surface area contributed by atoms with E-state index in [1.165, 1.54) is 7.11 Å². The van der Waals surface area contributed by atoms with E-state index in [0.717, 1.165) is 30.6 Å². The Hall–Kier alpha value is -1.26. The fraction of sp³-hybridized carbons (Fsp3) is 0.846. The van der Waals surface area contributed by atoms with E-state index in [-0.39, 0.29) is 11.9 Å². The number of hydrogen-bond acceptors (Lipinski definition) is 4. The Labute approximate surface area is 107 Å². The summed E-state index contributed by atoms with van der Waals surface area (Å²) in [4.78, 5) is 23.2. The second-order valence-electron chi connectivity index (χ2n) is 5.28. The van der Waals surface area contributed by atoms with Gasteiger partial charge >= 0.3 is 12.1 Å². The molecule has 0 spiro atoms. The maximum absolute atomic E-state index is 11.9. The van der Waals surface area contributed by atoms with E-state index in [4.69, 9.17) is 4.74 Å². The van der Waals surface area contributed by atoms with Gasteiger partial charge in [0.05, 0.1) is 13.7 Å². The van der Waals surface area contributed by atoms with Crippen molar-refractivity contribution in [1.82, 2.24) is 5.32 Å². The van der Waals surface area contributed by atoms with Gasteiger partial charge in [-0.1, -0.05) is 6.92 Å². The zero-order valence-corrected chi connectivity index (χ0v) is 11.1. The number of carbonyl (C=O) groups excluding carboxylic acids is 2. The summed E-state index contributed by atoms with van der Waals surface area (Å²) in [5.41, 5.74) is 0. The number of carbonyl (C=O) groups is 2. The van der Waals surface area contributed by atoms with E-state index in [0.29, 0.717) is 6.61 Å². The van der Waals surface area contributed by atoms with Crippen LogP contribution in [0.3, 0.4) is 0 Å². The van der Waals surface area contributed by atoms with E-state index in [9.17, 15) is 9.59 Å². The Morgan fingerprint density at radius 3 is 2.44 bits per heavy atom. The summed E-state index contributed by atoms with van der Waals surface area (Å²) in [6, 6.07) is -0.558. The van der Waals surface area contributed by atoms with E-state index in [1.807, 2.05) is 0 Å². The number of hydrogen-bond donors (Lipinski definition) is 1. The average Bonchev–Trinajstić information content (AvgIpc) is 2.80. The first-order valence-corrected chi connectivity index (χ1v) is 6.59. The summed E-state index contributed by atoms with van der Waals surface area (Å²) in [5, 5.41) is 2.61. The molecule has 2 rings (SSSR count). The standard InChI is InChI=1S/C13H21NO4/c1-4-18-12(15)11(14-13(16)17-3)8-5-9-7(2)10(9)6-8/h7-11H,4-6H2,1-3H3,(H,14,16). The molecule has 2 saturated carbocycles. The monoisotopic (exact) mass is 255 g/mol. The van der Waals surface area contributed by atoms with Gasteiger partial charge in [-0.3, -0.25) is 0 Å². The molecule has 2 aliphatic rings. The lowest BCUT2D eigenvalue weighted by Gasteiger charge is -2.24. The minimum absolute atomic E-state index is 0.189. The fourth-order valence-electron chi connectivity index (χ4n) is 3.27. The summed E-state index contributed by atoms with van der Waals surface area (Å²) in [6.07, 6.45) is 1.43. The predicted octanol–water partition coefficient (Wildman–Crippen LogP) is 1.57. The Balaban J connectivity index is 1.96. The van der Waals surface area contributed by atoms with Gasteiger partial charge in [0.1, 0.15) is 6.04 Å². The SMILES string of the molecule is CCOC(=O)C(NC(=O)OC)C1CC2C(C)C2C1. The number of ether oxygens (including phenoxy) is 2. The number of rotatable bonds is 4. The highest BCUT2D eigenvalue weighted by molar-refractivity contribution is 5.81. The lowest BCUT2D eigenvalue weighted by atomic mass is 9.92. The summed E-state index contributed by atoms with van der Waals surface area (Å²) in [6.45, 7) is 4.34. The van der Waals surface area contributed by atoms with E-state index < -0.39 is 12.1 Å². The molecule has 1 amide bonds. The molecular formula is C13H21NO4. The van der Waals surface area contributed by atoms with Crippen LogP contribution in [0.5, 0.6) is 0 Å².